The summed E-state index contributed by atoms with van der Waals surface area (Å²) in [5.41, 5.74) is 3.06. The van der Waals surface area contributed by atoms with Crippen molar-refractivity contribution in [3.8, 4) is 16.8 Å². The van der Waals surface area contributed by atoms with Crippen molar-refractivity contribution >= 4 is 11.6 Å². The van der Waals surface area contributed by atoms with E-state index in [-0.39, 0.29) is 24.1 Å². The van der Waals surface area contributed by atoms with E-state index in [0.717, 1.165) is 28.9 Å². The predicted molar refractivity (Wildman–Crippen MR) is 92.9 cm³/mol. The summed E-state index contributed by atoms with van der Waals surface area (Å²) in [6.07, 6.45) is 2.24. The average molecular weight is 358 g/mol. The first-order valence-corrected chi connectivity index (χ1v) is 8.36. The van der Waals surface area contributed by atoms with Crippen LogP contribution in [0.25, 0.3) is 16.8 Å². The molecule has 0 fully saturated rings. The number of hydrogen-bond donors (Lipinski definition) is 1. The molecule has 3 aromatic rings. The molecule has 0 aliphatic carbocycles. The fourth-order valence-corrected chi connectivity index (χ4v) is 3.69. The minimum atomic E-state index is -0.171. The summed E-state index contributed by atoms with van der Waals surface area (Å²) in [4.78, 5) is 12.7. The molecule has 25 heavy (non-hydrogen) atoms. The Hall–Kier alpha value is -2.51. The summed E-state index contributed by atoms with van der Waals surface area (Å²) in [5, 5.41) is 21.4. The van der Waals surface area contributed by atoms with Crippen LogP contribution in [0.5, 0.6) is 0 Å². The highest BCUT2D eigenvalue weighted by molar-refractivity contribution is 6.31. The first kappa shape index (κ1) is 16.0. The van der Waals surface area contributed by atoms with Crippen LogP contribution >= 0.6 is 11.6 Å². The molecule has 4 rings (SSSR count). The molecule has 0 saturated heterocycles. The van der Waals surface area contributed by atoms with Gasteiger partial charge < -0.3 is 9.67 Å². The van der Waals surface area contributed by atoms with E-state index in [9.17, 15) is 9.90 Å². The number of fused-ring (bicyclic) bond motifs is 1. The molecule has 1 aliphatic heterocycles. The quantitative estimate of drug-likeness (QED) is 0.773. The highest BCUT2D eigenvalue weighted by Gasteiger charge is 2.30. The zero-order valence-corrected chi connectivity index (χ0v) is 14.3. The molecule has 0 radical (unpaired) electrons. The normalized spacial score (nSPS) is 19.2. The fourth-order valence-electron chi connectivity index (χ4n) is 3.52. The molecular formula is C17H16ClN5O2. The van der Waals surface area contributed by atoms with Crippen molar-refractivity contribution < 1.29 is 5.11 Å². The van der Waals surface area contributed by atoms with Crippen LogP contribution in [0.3, 0.4) is 0 Å². The van der Waals surface area contributed by atoms with Gasteiger partial charge in [0.2, 0.25) is 0 Å². The third kappa shape index (κ3) is 2.65. The Balaban J connectivity index is 1.90. The molecule has 2 atom stereocenters. The van der Waals surface area contributed by atoms with Gasteiger partial charge in [-0.3, -0.25) is 4.79 Å². The molecule has 0 saturated carbocycles. The number of halogens is 1. The van der Waals surface area contributed by atoms with Crippen molar-refractivity contribution in [3.05, 3.63) is 57.7 Å². The molecule has 2 aromatic heterocycles. The Labute approximate surface area is 148 Å². The standard InChI is InChI=1S/C17H16ClN5O2/c1-10-4-13-5-11(6-17(25)23(13)16(10)8-24)14-7-12(18)2-3-15(14)22-9-19-20-21-22/h2-3,5-7,9-10,16,24H,4,8H2,1H3/t10-,16+/m0/s1. The highest BCUT2D eigenvalue weighted by atomic mass is 35.5. The van der Waals surface area contributed by atoms with Crippen molar-refractivity contribution in [3.63, 3.8) is 0 Å². The minimum Gasteiger partial charge on any atom is -0.394 e. The maximum atomic E-state index is 12.7. The summed E-state index contributed by atoms with van der Waals surface area (Å²) in [6, 6.07) is 8.75. The van der Waals surface area contributed by atoms with Gasteiger partial charge in [-0.25, -0.2) is 0 Å². The molecule has 0 spiro atoms. The van der Waals surface area contributed by atoms with Gasteiger partial charge >= 0.3 is 0 Å². The lowest BCUT2D eigenvalue weighted by Crippen LogP contribution is -2.26. The molecule has 7 nitrogen and oxygen atoms in total. The maximum absolute atomic E-state index is 12.7. The van der Waals surface area contributed by atoms with Crippen molar-refractivity contribution in [2.45, 2.75) is 19.4 Å². The van der Waals surface area contributed by atoms with Gasteiger partial charge in [0.25, 0.3) is 5.56 Å². The Morgan fingerprint density at radius 1 is 1.32 bits per heavy atom. The van der Waals surface area contributed by atoms with Crippen LogP contribution in [-0.4, -0.2) is 36.5 Å². The monoisotopic (exact) mass is 357 g/mol. The number of hydrogen-bond acceptors (Lipinski definition) is 5. The van der Waals surface area contributed by atoms with Crippen LogP contribution < -0.4 is 5.56 Å². The Morgan fingerprint density at radius 2 is 2.16 bits per heavy atom. The van der Waals surface area contributed by atoms with E-state index in [2.05, 4.69) is 15.5 Å². The third-order valence-electron chi connectivity index (χ3n) is 4.72. The first-order valence-electron chi connectivity index (χ1n) is 7.98. The summed E-state index contributed by atoms with van der Waals surface area (Å²) in [7, 11) is 0. The van der Waals surface area contributed by atoms with E-state index in [1.165, 1.54) is 11.0 Å². The van der Waals surface area contributed by atoms with Crippen molar-refractivity contribution in [1.29, 1.82) is 0 Å². The van der Waals surface area contributed by atoms with Crippen LogP contribution in [0.4, 0.5) is 0 Å². The summed E-state index contributed by atoms with van der Waals surface area (Å²) >= 11 is 6.18. The van der Waals surface area contributed by atoms with Crippen LogP contribution in [0, 0.1) is 5.92 Å². The summed E-state index contributed by atoms with van der Waals surface area (Å²) in [5.74, 6) is 0.214. The lowest BCUT2D eigenvalue weighted by molar-refractivity contribution is 0.202. The van der Waals surface area contributed by atoms with Crippen molar-refractivity contribution in [2.24, 2.45) is 5.92 Å². The SMILES string of the molecule is C[C@H]1Cc2cc(-c3cc(Cl)ccc3-n3cnnn3)cc(=O)n2[C@@H]1CO. The molecule has 3 heterocycles. The van der Waals surface area contributed by atoms with Crippen molar-refractivity contribution in [2.75, 3.05) is 6.61 Å². The van der Waals surface area contributed by atoms with Crippen LogP contribution in [0.15, 0.2) is 41.5 Å². The van der Waals surface area contributed by atoms with Crippen LogP contribution in [-0.2, 0) is 6.42 Å². The largest absolute Gasteiger partial charge is 0.394 e. The number of pyridine rings is 1. The molecule has 1 aliphatic rings. The van der Waals surface area contributed by atoms with Gasteiger partial charge in [0.1, 0.15) is 6.33 Å². The minimum absolute atomic E-state index is 0.0412. The van der Waals surface area contributed by atoms with E-state index in [0.29, 0.717) is 5.02 Å². The maximum Gasteiger partial charge on any atom is 0.251 e. The topological polar surface area (TPSA) is 85.8 Å². The Kier molecular flexibility index (Phi) is 3.89. The van der Waals surface area contributed by atoms with Crippen molar-refractivity contribution in [1.82, 2.24) is 24.8 Å². The second kappa shape index (κ2) is 6.09. The van der Waals surface area contributed by atoms with E-state index in [1.54, 1.807) is 22.8 Å². The zero-order valence-electron chi connectivity index (χ0n) is 13.5. The molecule has 0 bridgehead atoms. The van der Waals surface area contributed by atoms with E-state index >= 15 is 0 Å². The number of nitrogens with zero attached hydrogens (tertiary/aromatic N) is 5. The molecule has 1 N–H and O–H groups in total. The van der Waals surface area contributed by atoms with Crippen LogP contribution in [0.2, 0.25) is 5.02 Å². The van der Waals surface area contributed by atoms with E-state index < -0.39 is 0 Å². The fraction of sp³-hybridized carbons (Fsp3) is 0.294. The van der Waals surface area contributed by atoms with Gasteiger partial charge in [-0.15, -0.1) is 5.10 Å². The summed E-state index contributed by atoms with van der Waals surface area (Å²) in [6.45, 7) is 2.00. The van der Waals surface area contributed by atoms with E-state index in [4.69, 9.17) is 11.6 Å². The second-order valence-corrected chi connectivity index (χ2v) is 6.73. The van der Waals surface area contributed by atoms with Gasteiger partial charge in [-0.1, -0.05) is 18.5 Å². The lowest BCUT2D eigenvalue weighted by Gasteiger charge is -2.16. The molecule has 0 unspecified atom stereocenters. The molecular weight excluding hydrogens is 342 g/mol. The third-order valence-corrected chi connectivity index (χ3v) is 4.96. The molecule has 0 amide bonds. The molecule has 8 heteroatoms. The number of aliphatic hydroxyl groups excluding tert-OH is 1. The zero-order chi connectivity index (χ0) is 17.6. The van der Waals surface area contributed by atoms with Gasteiger partial charge in [-0.2, -0.15) is 4.68 Å². The number of tetrazole rings is 1. The van der Waals surface area contributed by atoms with Gasteiger partial charge in [0.05, 0.1) is 18.3 Å². The van der Waals surface area contributed by atoms with Crippen LogP contribution in [0.1, 0.15) is 18.7 Å². The average Bonchev–Trinajstić information content (AvgIpc) is 3.21. The number of rotatable bonds is 3. The first-order chi connectivity index (χ1) is 12.1. The smallest absolute Gasteiger partial charge is 0.251 e. The van der Waals surface area contributed by atoms with Gasteiger partial charge in [0, 0.05) is 22.3 Å². The number of benzene rings is 1. The number of aliphatic hydroxyl groups is 1. The Morgan fingerprint density at radius 3 is 2.88 bits per heavy atom. The van der Waals surface area contributed by atoms with Gasteiger partial charge in [0.15, 0.2) is 0 Å². The Bertz CT molecular complexity index is 983. The second-order valence-electron chi connectivity index (χ2n) is 6.29. The summed E-state index contributed by atoms with van der Waals surface area (Å²) < 4.78 is 3.23. The predicted octanol–water partition coefficient (Wildman–Crippen LogP) is 1.87. The lowest BCUT2D eigenvalue weighted by atomic mass is 10.0. The molecule has 128 valence electrons. The van der Waals surface area contributed by atoms with Gasteiger partial charge in [-0.05, 0) is 52.6 Å². The number of aromatic nitrogens is 5. The highest BCUT2D eigenvalue weighted by Crippen LogP contribution is 2.34. The molecule has 1 aromatic carbocycles. The van der Waals surface area contributed by atoms with E-state index in [1.807, 2.05) is 19.1 Å².